The first-order valence-electron chi connectivity index (χ1n) is 5.89. The van der Waals surface area contributed by atoms with Crippen molar-refractivity contribution in [1.29, 1.82) is 0 Å². The average Bonchev–Trinajstić information content (AvgIpc) is 2.39. The molecule has 0 radical (unpaired) electrons. The number of carbonyl (C=O) groups is 1. The largest absolute Gasteiger partial charge is 0.481 e. The van der Waals surface area contributed by atoms with Crippen molar-refractivity contribution in [1.82, 2.24) is 0 Å². The molecule has 0 spiro atoms. The molecule has 0 amide bonds. The van der Waals surface area contributed by atoms with Crippen molar-refractivity contribution in [3.05, 3.63) is 64.7 Å². The fourth-order valence-electron chi connectivity index (χ4n) is 1.93. The number of hydrogen-bond donors (Lipinski definition) is 2. The first-order chi connectivity index (χ1) is 9.06. The van der Waals surface area contributed by atoms with E-state index in [1.807, 2.05) is 12.1 Å². The summed E-state index contributed by atoms with van der Waals surface area (Å²) in [5.41, 5.74) is 7.97. The van der Waals surface area contributed by atoms with Crippen molar-refractivity contribution in [3.63, 3.8) is 0 Å². The fraction of sp³-hybridized carbons (Fsp3) is 0.133. The molecule has 0 aliphatic heterocycles. The summed E-state index contributed by atoms with van der Waals surface area (Å²) in [6, 6.07) is 14.1. The molecule has 4 heteroatoms. The van der Waals surface area contributed by atoms with Crippen molar-refractivity contribution in [2.24, 2.45) is 0 Å². The van der Waals surface area contributed by atoms with Crippen LogP contribution in [0, 0.1) is 0 Å². The molecular formula is C15H14ClNO2. The highest BCUT2D eigenvalue weighted by Gasteiger charge is 2.20. The van der Waals surface area contributed by atoms with Crippen LogP contribution in [-0.2, 0) is 11.2 Å². The third-order valence-electron chi connectivity index (χ3n) is 2.99. The number of anilines is 1. The van der Waals surface area contributed by atoms with Crippen LogP contribution in [-0.4, -0.2) is 11.1 Å². The van der Waals surface area contributed by atoms with Crippen LogP contribution in [0.3, 0.4) is 0 Å². The molecule has 1 unspecified atom stereocenters. The van der Waals surface area contributed by atoms with Crippen LogP contribution in [0.2, 0.25) is 5.02 Å². The number of aliphatic carboxylic acids is 1. The molecule has 98 valence electrons. The van der Waals surface area contributed by atoms with Crippen LogP contribution < -0.4 is 5.73 Å². The summed E-state index contributed by atoms with van der Waals surface area (Å²) in [5, 5.41) is 9.95. The van der Waals surface area contributed by atoms with E-state index < -0.39 is 11.9 Å². The predicted octanol–water partition coefficient (Wildman–Crippen LogP) is 3.33. The summed E-state index contributed by atoms with van der Waals surface area (Å²) in [5.74, 6) is -1.43. The lowest BCUT2D eigenvalue weighted by Crippen LogP contribution is -2.14. The maximum absolute atomic E-state index is 11.4. The molecule has 2 aromatic rings. The van der Waals surface area contributed by atoms with Crippen molar-refractivity contribution in [2.75, 3.05) is 5.73 Å². The van der Waals surface area contributed by atoms with E-state index in [1.165, 1.54) is 0 Å². The Morgan fingerprint density at radius 3 is 2.21 bits per heavy atom. The van der Waals surface area contributed by atoms with Gasteiger partial charge in [-0.2, -0.15) is 0 Å². The Kier molecular flexibility index (Phi) is 4.07. The van der Waals surface area contributed by atoms with Crippen LogP contribution in [0.5, 0.6) is 0 Å². The maximum Gasteiger partial charge on any atom is 0.311 e. The minimum absolute atomic E-state index is 0.428. The topological polar surface area (TPSA) is 63.3 Å². The number of nitrogens with two attached hydrogens (primary N) is 1. The van der Waals surface area contributed by atoms with Crippen LogP contribution in [0.15, 0.2) is 48.5 Å². The zero-order valence-corrected chi connectivity index (χ0v) is 11.0. The van der Waals surface area contributed by atoms with E-state index >= 15 is 0 Å². The fourth-order valence-corrected chi connectivity index (χ4v) is 2.06. The third-order valence-corrected chi connectivity index (χ3v) is 3.24. The minimum atomic E-state index is -0.848. The number of halogens is 1. The van der Waals surface area contributed by atoms with Gasteiger partial charge in [-0.3, -0.25) is 4.79 Å². The Balaban J connectivity index is 2.23. The molecule has 19 heavy (non-hydrogen) atoms. The van der Waals surface area contributed by atoms with E-state index in [2.05, 4.69) is 0 Å². The van der Waals surface area contributed by atoms with Crippen LogP contribution in [0.1, 0.15) is 17.0 Å². The van der Waals surface area contributed by atoms with Gasteiger partial charge in [-0.15, -0.1) is 0 Å². The molecule has 0 aromatic heterocycles. The molecule has 2 aromatic carbocycles. The zero-order chi connectivity index (χ0) is 13.8. The first kappa shape index (κ1) is 13.4. The Morgan fingerprint density at radius 1 is 1.11 bits per heavy atom. The number of carboxylic acids is 1. The molecule has 0 fully saturated rings. The second-order valence-electron chi connectivity index (χ2n) is 4.39. The number of hydrogen-bond acceptors (Lipinski definition) is 2. The van der Waals surface area contributed by atoms with Gasteiger partial charge in [0.05, 0.1) is 5.92 Å². The van der Waals surface area contributed by atoms with Crippen molar-refractivity contribution < 1.29 is 9.90 Å². The summed E-state index contributed by atoms with van der Waals surface area (Å²) in [6.07, 6.45) is 0.428. The quantitative estimate of drug-likeness (QED) is 0.841. The molecular weight excluding hydrogens is 262 g/mol. The second-order valence-corrected chi connectivity index (χ2v) is 4.82. The van der Waals surface area contributed by atoms with Gasteiger partial charge in [-0.25, -0.2) is 0 Å². The molecule has 2 rings (SSSR count). The summed E-state index contributed by atoms with van der Waals surface area (Å²) >= 11 is 5.81. The monoisotopic (exact) mass is 275 g/mol. The minimum Gasteiger partial charge on any atom is -0.481 e. The number of rotatable bonds is 4. The summed E-state index contributed by atoms with van der Waals surface area (Å²) in [7, 11) is 0. The van der Waals surface area contributed by atoms with Gasteiger partial charge in [0, 0.05) is 10.7 Å². The molecule has 0 aliphatic carbocycles. The number of carboxylic acid groups (broad SMARTS) is 1. The average molecular weight is 276 g/mol. The zero-order valence-electron chi connectivity index (χ0n) is 10.2. The summed E-state index contributed by atoms with van der Waals surface area (Å²) in [6.45, 7) is 0. The standard InChI is InChI=1S/C15H14ClNO2/c16-12-5-3-11(4-6-12)14(15(18)19)9-10-1-7-13(17)8-2-10/h1-8,14H,9,17H2,(H,18,19). The lowest BCUT2D eigenvalue weighted by atomic mass is 9.92. The van der Waals surface area contributed by atoms with Crippen LogP contribution in [0.25, 0.3) is 0 Å². The predicted molar refractivity (Wildman–Crippen MR) is 76.4 cm³/mol. The van der Waals surface area contributed by atoms with Gasteiger partial charge in [0.25, 0.3) is 0 Å². The van der Waals surface area contributed by atoms with E-state index in [4.69, 9.17) is 17.3 Å². The summed E-state index contributed by atoms with van der Waals surface area (Å²) < 4.78 is 0. The molecule has 0 bridgehead atoms. The normalized spacial score (nSPS) is 12.1. The van der Waals surface area contributed by atoms with E-state index in [0.29, 0.717) is 17.1 Å². The van der Waals surface area contributed by atoms with E-state index in [-0.39, 0.29) is 0 Å². The molecule has 3 nitrogen and oxygen atoms in total. The van der Waals surface area contributed by atoms with Crippen LogP contribution >= 0.6 is 11.6 Å². The third kappa shape index (κ3) is 3.48. The number of benzene rings is 2. The van der Waals surface area contributed by atoms with Gasteiger partial charge >= 0.3 is 5.97 Å². The highest BCUT2D eigenvalue weighted by atomic mass is 35.5. The van der Waals surface area contributed by atoms with Gasteiger partial charge < -0.3 is 10.8 Å². The smallest absolute Gasteiger partial charge is 0.311 e. The van der Waals surface area contributed by atoms with Gasteiger partial charge in [-0.05, 0) is 41.8 Å². The lowest BCUT2D eigenvalue weighted by molar-refractivity contribution is -0.138. The first-order valence-corrected chi connectivity index (χ1v) is 6.27. The highest BCUT2D eigenvalue weighted by Crippen LogP contribution is 2.23. The molecule has 1 atom stereocenters. The van der Waals surface area contributed by atoms with Gasteiger partial charge in [0.1, 0.15) is 0 Å². The van der Waals surface area contributed by atoms with Crippen molar-refractivity contribution in [2.45, 2.75) is 12.3 Å². The van der Waals surface area contributed by atoms with Crippen molar-refractivity contribution >= 4 is 23.3 Å². The van der Waals surface area contributed by atoms with E-state index in [1.54, 1.807) is 36.4 Å². The maximum atomic E-state index is 11.4. The van der Waals surface area contributed by atoms with E-state index in [9.17, 15) is 9.90 Å². The molecule has 3 N–H and O–H groups in total. The molecule has 0 heterocycles. The molecule has 0 saturated carbocycles. The van der Waals surface area contributed by atoms with Gasteiger partial charge in [0.2, 0.25) is 0 Å². The Hall–Kier alpha value is -2.00. The number of nitrogen functional groups attached to an aromatic ring is 1. The molecule has 0 saturated heterocycles. The van der Waals surface area contributed by atoms with Crippen LogP contribution in [0.4, 0.5) is 5.69 Å². The summed E-state index contributed by atoms with van der Waals surface area (Å²) in [4.78, 5) is 11.4. The van der Waals surface area contributed by atoms with E-state index in [0.717, 1.165) is 11.1 Å². The SMILES string of the molecule is Nc1ccc(CC(C(=O)O)c2ccc(Cl)cc2)cc1. The van der Waals surface area contributed by atoms with Crippen molar-refractivity contribution in [3.8, 4) is 0 Å². The lowest BCUT2D eigenvalue weighted by Gasteiger charge is -2.13. The van der Waals surface area contributed by atoms with Gasteiger partial charge in [0.15, 0.2) is 0 Å². The Bertz CT molecular complexity index is 564. The molecule has 0 aliphatic rings. The second kappa shape index (κ2) is 5.76. The Morgan fingerprint density at radius 2 is 1.68 bits per heavy atom. The Labute approximate surface area is 116 Å². The highest BCUT2D eigenvalue weighted by molar-refractivity contribution is 6.30. The van der Waals surface area contributed by atoms with Gasteiger partial charge in [-0.1, -0.05) is 35.9 Å².